The fraction of sp³-hybridized carbons (Fsp3) is 0.318. The second kappa shape index (κ2) is 9.26. The zero-order valence-electron chi connectivity index (χ0n) is 15.4. The minimum atomic E-state index is -2.85. The molecule has 3 rings (SSSR count). The van der Waals surface area contributed by atoms with Crippen LogP contribution in [0.1, 0.15) is 44.7 Å². The van der Waals surface area contributed by atoms with Gasteiger partial charge in [-0.1, -0.05) is 56.2 Å². The topological polar surface area (TPSA) is 12.9 Å². The molecule has 3 heteroatoms. The van der Waals surface area contributed by atoms with Crippen molar-refractivity contribution in [3.63, 3.8) is 0 Å². The molecule has 134 valence electrons. The highest BCUT2D eigenvalue weighted by molar-refractivity contribution is 5.67. The molecule has 1 saturated carbocycles. The Hall–Kier alpha value is -2.29. The van der Waals surface area contributed by atoms with Crippen LogP contribution in [0.15, 0.2) is 62.3 Å². The lowest BCUT2D eigenvalue weighted by molar-refractivity contribution is 0.0174. The number of hydrogen-bond acceptors (Lipinski definition) is 1. The normalized spacial score (nSPS) is 13.0. The molecule has 0 radical (unpaired) electrons. The molecule has 0 aliphatic heterocycles. The molecule has 0 atom stereocenters. The minimum Gasteiger partial charge on any atom is -0.256 e. The monoisotopic (exact) mass is 343 g/mol. The Morgan fingerprint density at radius 3 is 2.04 bits per heavy atom. The molecule has 1 aliphatic carbocycles. The molecule has 1 heterocycles. The number of benzene rings is 1. The number of alkyl halides is 2. The Labute approximate surface area is 150 Å². The van der Waals surface area contributed by atoms with Crippen LogP contribution in [0.4, 0.5) is 8.78 Å². The standard InChI is InChI=1S/C16H15F2N.C4H8.C2H4/c1-11(2)12-4-6-13(7-5-12)15-10-14(8-9-19-15)16(3,17)18;1-4-2-3-4;1-2/h4-10H,1H2,2-3H3;4H,2-3H2,1H3;1-2H2. The van der Waals surface area contributed by atoms with Gasteiger partial charge in [0.2, 0.25) is 0 Å². The van der Waals surface area contributed by atoms with Crippen molar-refractivity contribution in [1.29, 1.82) is 0 Å². The van der Waals surface area contributed by atoms with Crippen molar-refractivity contribution in [3.8, 4) is 11.3 Å². The van der Waals surface area contributed by atoms with Gasteiger partial charge in [0.1, 0.15) is 0 Å². The number of hydrogen-bond donors (Lipinski definition) is 0. The van der Waals surface area contributed by atoms with Crippen LogP contribution in [0.25, 0.3) is 16.8 Å². The first kappa shape index (κ1) is 20.8. The summed E-state index contributed by atoms with van der Waals surface area (Å²) in [4.78, 5) is 4.14. The van der Waals surface area contributed by atoms with E-state index in [4.69, 9.17) is 0 Å². The van der Waals surface area contributed by atoms with E-state index in [9.17, 15) is 8.78 Å². The maximum atomic E-state index is 13.3. The van der Waals surface area contributed by atoms with Gasteiger partial charge in [-0.2, -0.15) is 0 Å². The summed E-state index contributed by atoms with van der Waals surface area (Å²) in [6.45, 7) is 14.9. The van der Waals surface area contributed by atoms with Gasteiger partial charge in [-0.3, -0.25) is 4.98 Å². The van der Waals surface area contributed by atoms with Crippen molar-refractivity contribution in [1.82, 2.24) is 4.98 Å². The van der Waals surface area contributed by atoms with E-state index in [1.807, 2.05) is 31.2 Å². The zero-order valence-corrected chi connectivity index (χ0v) is 15.4. The molecule has 2 aromatic rings. The van der Waals surface area contributed by atoms with Gasteiger partial charge in [-0.15, -0.1) is 13.2 Å². The van der Waals surface area contributed by atoms with Crippen molar-refractivity contribution in [2.45, 2.75) is 39.5 Å². The van der Waals surface area contributed by atoms with Crippen molar-refractivity contribution in [2.75, 3.05) is 0 Å². The summed E-state index contributed by atoms with van der Waals surface area (Å²) < 4.78 is 26.6. The number of rotatable bonds is 3. The molecule has 0 saturated heterocycles. The lowest BCUT2D eigenvalue weighted by Gasteiger charge is -2.11. The van der Waals surface area contributed by atoms with E-state index in [0.717, 1.165) is 29.5 Å². The van der Waals surface area contributed by atoms with Crippen LogP contribution in [-0.4, -0.2) is 4.98 Å². The van der Waals surface area contributed by atoms with Crippen LogP contribution in [0.3, 0.4) is 0 Å². The molecule has 1 aliphatic rings. The number of nitrogens with zero attached hydrogens (tertiary/aromatic N) is 1. The second-order valence-corrected chi connectivity index (χ2v) is 6.36. The van der Waals surface area contributed by atoms with Gasteiger partial charge in [-0.25, -0.2) is 8.78 Å². The van der Waals surface area contributed by atoms with Crippen LogP contribution >= 0.6 is 0 Å². The van der Waals surface area contributed by atoms with E-state index in [-0.39, 0.29) is 5.56 Å². The third-order valence-electron chi connectivity index (χ3n) is 3.81. The van der Waals surface area contributed by atoms with Crippen LogP contribution in [-0.2, 0) is 5.92 Å². The van der Waals surface area contributed by atoms with Gasteiger partial charge < -0.3 is 0 Å². The summed E-state index contributed by atoms with van der Waals surface area (Å²) in [6, 6.07) is 10.3. The number of halogens is 2. The lowest BCUT2D eigenvalue weighted by atomic mass is 10.0. The number of aromatic nitrogens is 1. The summed E-state index contributed by atoms with van der Waals surface area (Å²) in [5, 5.41) is 0. The van der Waals surface area contributed by atoms with E-state index in [0.29, 0.717) is 5.69 Å². The molecular weight excluding hydrogens is 316 g/mol. The van der Waals surface area contributed by atoms with Gasteiger partial charge >= 0.3 is 0 Å². The highest BCUT2D eigenvalue weighted by Gasteiger charge is 2.24. The summed E-state index contributed by atoms with van der Waals surface area (Å²) in [5.74, 6) is -1.77. The third-order valence-corrected chi connectivity index (χ3v) is 3.81. The van der Waals surface area contributed by atoms with Crippen molar-refractivity contribution in [3.05, 3.63) is 73.5 Å². The Morgan fingerprint density at radius 2 is 1.64 bits per heavy atom. The van der Waals surface area contributed by atoms with Gasteiger partial charge in [0.05, 0.1) is 5.69 Å². The summed E-state index contributed by atoms with van der Waals surface area (Å²) in [7, 11) is 0. The van der Waals surface area contributed by atoms with Crippen molar-refractivity contribution >= 4 is 5.57 Å². The second-order valence-electron chi connectivity index (χ2n) is 6.36. The first-order valence-electron chi connectivity index (χ1n) is 8.38. The third kappa shape index (κ3) is 7.00. The predicted octanol–water partition coefficient (Wildman–Crippen LogP) is 7.11. The fourth-order valence-electron chi connectivity index (χ4n) is 1.95. The maximum Gasteiger partial charge on any atom is 0.270 e. The molecule has 0 amide bonds. The van der Waals surface area contributed by atoms with Crippen LogP contribution in [0.2, 0.25) is 0 Å². The van der Waals surface area contributed by atoms with Crippen molar-refractivity contribution < 1.29 is 8.78 Å². The highest BCUT2D eigenvalue weighted by atomic mass is 19.3. The van der Waals surface area contributed by atoms with Gasteiger partial charge in [0.25, 0.3) is 5.92 Å². The van der Waals surface area contributed by atoms with Crippen LogP contribution in [0.5, 0.6) is 0 Å². The molecule has 1 aromatic heterocycles. The fourth-order valence-corrected chi connectivity index (χ4v) is 1.95. The van der Waals surface area contributed by atoms with E-state index in [2.05, 4.69) is 31.6 Å². The molecule has 0 unspecified atom stereocenters. The first-order chi connectivity index (χ1) is 11.8. The van der Waals surface area contributed by atoms with E-state index in [1.165, 1.54) is 31.2 Å². The molecule has 0 spiro atoms. The van der Waals surface area contributed by atoms with E-state index in [1.54, 1.807) is 0 Å². The Balaban J connectivity index is 0.000000446. The van der Waals surface area contributed by atoms with Gasteiger partial charge in [0, 0.05) is 24.2 Å². The average Bonchev–Trinajstić information content (AvgIpc) is 3.39. The van der Waals surface area contributed by atoms with E-state index >= 15 is 0 Å². The highest BCUT2D eigenvalue weighted by Crippen LogP contribution is 2.29. The maximum absolute atomic E-state index is 13.3. The largest absolute Gasteiger partial charge is 0.270 e. The molecule has 0 N–H and O–H groups in total. The summed E-state index contributed by atoms with van der Waals surface area (Å²) in [5.41, 5.74) is 3.33. The van der Waals surface area contributed by atoms with Crippen LogP contribution in [0, 0.1) is 5.92 Å². The van der Waals surface area contributed by atoms with Crippen molar-refractivity contribution in [2.24, 2.45) is 5.92 Å². The molecule has 25 heavy (non-hydrogen) atoms. The van der Waals surface area contributed by atoms with Gasteiger partial charge in [0.15, 0.2) is 0 Å². The molecular formula is C22H27F2N. The summed E-state index contributed by atoms with van der Waals surface area (Å²) in [6.07, 6.45) is 4.38. The zero-order chi connectivity index (χ0) is 19.0. The summed E-state index contributed by atoms with van der Waals surface area (Å²) >= 11 is 0. The Morgan fingerprint density at radius 1 is 1.12 bits per heavy atom. The van der Waals surface area contributed by atoms with E-state index < -0.39 is 5.92 Å². The molecule has 1 fully saturated rings. The van der Waals surface area contributed by atoms with Gasteiger partial charge in [-0.05, 0) is 30.5 Å². The Kier molecular flexibility index (Phi) is 7.69. The quantitative estimate of drug-likeness (QED) is 0.541. The lowest BCUT2D eigenvalue weighted by Crippen LogP contribution is -2.07. The Bertz CT molecular complexity index is 680. The number of pyridine rings is 1. The molecule has 0 bridgehead atoms. The number of allylic oxidation sites excluding steroid dienone is 1. The first-order valence-corrected chi connectivity index (χ1v) is 8.38. The van der Waals surface area contributed by atoms with Crippen LogP contribution < -0.4 is 0 Å². The smallest absolute Gasteiger partial charge is 0.256 e. The molecule has 1 aromatic carbocycles. The minimum absolute atomic E-state index is 0.0264. The predicted molar refractivity (Wildman–Crippen MR) is 104 cm³/mol. The molecule has 1 nitrogen and oxygen atoms in total. The SMILES string of the molecule is C=C.C=C(C)c1ccc(-c2cc(C(C)(F)F)ccn2)cc1.CC1CC1. The average molecular weight is 343 g/mol.